The molecule has 1 saturated heterocycles. The molecule has 0 spiro atoms. The first-order chi connectivity index (χ1) is 11.2. The molecule has 0 bridgehead atoms. The van der Waals surface area contributed by atoms with E-state index in [9.17, 15) is 5.11 Å². The van der Waals surface area contributed by atoms with Crippen molar-refractivity contribution in [1.29, 1.82) is 0 Å². The predicted octanol–water partition coefficient (Wildman–Crippen LogP) is 4.58. The molecule has 23 heavy (non-hydrogen) atoms. The molecule has 1 aliphatic rings. The average molecular weight is 309 g/mol. The topological polar surface area (TPSA) is 23.5 Å². The van der Waals surface area contributed by atoms with Crippen LogP contribution in [-0.2, 0) is 0 Å². The Bertz CT molecular complexity index is 598. The Morgan fingerprint density at radius 2 is 1.48 bits per heavy atom. The summed E-state index contributed by atoms with van der Waals surface area (Å²) in [7, 11) is 0. The molecule has 0 saturated carbocycles. The molecule has 1 heterocycles. The Morgan fingerprint density at radius 1 is 0.913 bits per heavy atom. The van der Waals surface area contributed by atoms with E-state index in [4.69, 9.17) is 0 Å². The molecule has 2 nitrogen and oxygen atoms in total. The van der Waals surface area contributed by atoms with Crippen LogP contribution in [0.5, 0.6) is 0 Å². The summed E-state index contributed by atoms with van der Waals surface area (Å²) in [5, 5.41) is 11.1. The highest BCUT2D eigenvalue weighted by atomic mass is 16.3. The van der Waals surface area contributed by atoms with Crippen molar-refractivity contribution >= 4 is 0 Å². The SMILES string of the molecule is C[C@@H]1CCN([C@H](c2ccccc2)[C@H](O)c2ccccc2)[C@@H](C)C1. The molecule has 0 unspecified atom stereocenters. The van der Waals surface area contributed by atoms with E-state index >= 15 is 0 Å². The van der Waals surface area contributed by atoms with E-state index in [-0.39, 0.29) is 6.04 Å². The molecule has 0 aromatic heterocycles. The highest BCUT2D eigenvalue weighted by Gasteiger charge is 2.34. The molecule has 0 aliphatic carbocycles. The van der Waals surface area contributed by atoms with Gasteiger partial charge in [-0.2, -0.15) is 0 Å². The first-order valence-corrected chi connectivity index (χ1v) is 8.70. The van der Waals surface area contributed by atoms with Gasteiger partial charge in [-0.1, -0.05) is 67.6 Å². The summed E-state index contributed by atoms with van der Waals surface area (Å²) < 4.78 is 0. The maximum Gasteiger partial charge on any atom is 0.0986 e. The number of nitrogens with zero attached hydrogens (tertiary/aromatic N) is 1. The van der Waals surface area contributed by atoms with Gasteiger partial charge >= 0.3 is 0 Å². The van der Waals surface area contributed by atoms with Crippen LogP contribution in [-0.4, -0.2) is 22.6 Å². The third-order valence-corrected chi connectivity index (χ3v) is 5.13. The summed E-state index contributed by atoms with van der Waals surface area (Å²) >= 11 is 0. The Balaban J connectivity index is 1.94. The Morgan fingerprint density at radius 3 is 2.04 bits per heavy atom. The average Bonchev–Trinajstić information content (AvgIpc) is 2.59. The molecule has 122 valence electrons. The Kier molecular flexibility index (Phi) is 5.14. The molecule has 1 N–H and O–H groups in total. The lowest BCUT2D eigenvalue weighted by Gasteiger charge is -2.43. The van der Waals surface area contributed by atoms with Gasteiger partial charge in [0.15, 0.2) is 0 Å². The molecule has 2 heteroatoms. The first-order valence-electron chi connectivity index (χ1n) is 8.70. The minimum absolute atomic E-state index is 0.0149. The third-order valence-electron chi connectivity index (χ3n) is 5.13. The molecule has 4 atom stereocenters. The lowest BCUT2D eigenvalue weighted by Crippen LogP contribution is -2.44. The number of aliphatic hydroxyl groups excluding tert-OH is 1. The van der Waals surface area contributed by atoms with Crippen LogP contribution in [0.2, 0.25) is 0 Å². The summed E-state index contributed by atoms with van der Waals surface area (Å²) in [6, 6.07) is 21.0. The van der Waals surface area contributed by atoms with Crippen molar-refractivity contribution in [2.75, 3.05) is 6.54 Å². The zero-order chi connectivity index (χ0) is 16.2. The van der Waals surface area contributed by atoms with E-state index < -0.39 is 6.10 Å². The van der Waals surface area contributed by atoms with Crippen LogP contribution >= 0.6 is 0 Å². The molecular weight excluding hydrogens is 282 g/mol. The third kappa shape index (κ3) is 3.65. The van der Waals surface area contributed by atoms with Gasteiger partial charge in [-0.3, -0.25) is 4.90 Å². The van der Waals surface area contributed by atoms with Crippen LogP contribution in [0, 0.1) is 5.92 Å². The van der Waals surface area contributed by atoms with Crippen LogP contribution in [0.4, 0.5) is 0 Å². The number of hydrogen-bond donors (Lipinski definition) is 1. The zero-order valence-electron chi connectivity index (χ0n) is 14.1. The second-order valence-corrected chi connectivity index (χ2v) is 6.93. The molecule has 1 fully saturated rings. The molecule has 0 radical (unpaired) electrons. The van der Waals surface area contributed by atoms with Gasteiger partial charge in [0.2, 0.25) is 0 Å². The summed E-state index contributed by atoms with van der Waals surface area (Å²) in [5.41, 5.74) is 2.19. The van der Waals surface area contributed by atoms with E-state index in [0.717, 1.165) is 18.0 Å². The Hall–Kier alpha value is -1.64. The normalized spacial score (nSPS) is 25.0. The van der Waals surface area contributed by atoms with Gasteiger partial charge < -0.3 is 5.11 Å². The van der Waals surface area contributed by atoms with Crippen molar-refractivity contribution < 1.29 is 5.11 Å². The minimum Gasteiger partial charge on any atom is -0.386 e. The van der Waals surface area contributed by atoms with Crippen LogP contribution in [0.3, 0.4) is 0 Å². The van der Waals surface area contributed by atoms with Gasteiger partial charge in [-0.05, 0) is 43.4 Å². The number of rotatable bonds is 4. The van der Waals surface area contributed by atoms with Gasteiger partial charge in [0.05, 0.1) is 12.1 Å². The van der Waals surface area contributed by atoms with Gasteiger partial charge in [0, 0.05) is 6.04 Å². The number of piperidine rings is 1. The fourth-order valence-corrected chi connectivity index (χ4v) is 3.88. The van der Waals surface area contributed by atoms with Crippen molar-refractivity contribution in [3.8, 4) is 0 Å². The van der Waals surface area contributed by atoms with Crippen LogP contribution in [0.25, 0.3) is 0 Å². The van der Waals surface area contributed by atoms with E-state index in [1.165, 1.54) is 18.4 Å². The smallest absolute Gasteiger partial charge is 0.0986 e. The number of aliphatic hydroxyl groups is 1. The summed E-state index contributed by atoms with van der Waals surface area (Å²) in [6.45, 7) is 5.67. The van der Waals surface area contributed by atoms with E-state index in [1.807, 2.05) is 36.4 Å². The number of benzene rings is 2. The quantitative estimate of drug-likeness (QED) is 0.893. The predicted molar refractivity (Wildman–Crippen MR) is 95.2 cm³/mol. The second-order valence-electron chi connectivity index (χ2n) is 6.93. The lowest BCUT2D eigenvalue weighted by atomic mass is 9.87. The van der Waals surface area contributed by atoms with Crippen molar-refractivity contribution in [3.63, 3.8) is 0 Å². The van der Waals surface area contributed by atoms with E-state index in [1.54, 1.807) is 0 Å². The summed E-state index contributed by atoms with van der Waals surface area (Å²) in [5.74, 6) is 0.770. The fraction of sp³-hybridized carbons (Fsp3) is 0.429. The second kappa shape index (κ2) is 7.29. The molecular formula is C21H27NO. The molecule has 3 rings (SSSR count). The molecule has 2 aromatic rings. The summed E-state index contributed by atoms with van der Waals surface area (Å²) in [6.07, 6.45) is 1.90. The number of hydrogen-bond acceptors (Lipinski definition) is 2. The lowest BCUT2D eigenvalue weighted by molar-refractivity contribution is 0.000170. The first kappa shape index (κ1) is 16.2. The summed E-state index contributed by atoms with van der Waals surface area (Å²) in [4.78, 5) is 2.49. The van der Waals surface area contributed by atoms with Crippen molar-refractivity contribution in [1.82, 2.24) is 4.90 Å². The van der Waals surface area contributed by atoms with Gasteiger partial charge in [-0.15, -0.1) is 0 Å². The molecule has 2 aromatic carbocycles. The minimum atomic E-state index is -0.505. The van der Waals surface area contributed by atoms with Crippen molar-refractivity contribution in [2.45, 2.75) is 44.9 Å². The van der Waals surface area contributed by atoms with Gasteiger partial charge in [-0.25, -0.2) is 0 Å². The van der Waals surface area contributed by atoms with E-state index in [0.29, 0.717) is 6.04 Å². The van der Waals surface area contributed by atoms with E-state index in [2.05, 4.69) is 43.0 Å². The van der Waals surface area contributed by atoms with Gasteiger partial charge in [0.25, 0.3) is 0 Å². The largest absolute Gasteiger partial charge is 0.386 e. The maximum atomic E-state index is 11.1. The zero-order valence-corrected chi connectivity index (χ0v) is 14.1. The standard InChI is InChI=1S/C21H27NO/c1-16-13-14-22(17(2)15-16)20(18-9-5-3-6-10-18)21(23)19-11-7-4-8-12-19/h3-12,16-17,20-21,23H,13-15H2,1-2H3/t16-,17+,20-,21-/m1/s1. The number of likely N-dealkylation sites (tertiary alicyclic amines) is 1. The highest BCUT2D eigenvalue weighted by molar-refractivity contribution is 5.26. The van der Waals surface area contributed by atoms with Crippen LogP contribution < -0.4 is 0 Å². The monoisotopic (exact) mass is 309 g/mol. The maximum absolute atomic E-state index is 11.1. The van der Waals surface area contributed by atoms with Crippen LogP contribution in [0.1, 0.15) is 50.0 Å². The van der Waals surface area contributed by atoms with Gasteiger partial charge in [0.1, 0.15) is 0 Å². The molecule has 0 amide bonds. The molecule has 1 aliphatic heterocycles. The Labute approximate surface area is 139 Å². The van der Waals surface area contributed by atoms with Crippen molar-refractivity contribution in [2.24, 2.45) is 5.92 Å². The van der Waals surface area contributed by atoms with Crippen LogP contribution in [0.15, 0.2) is 60.7 Å². The highest BCUT2D eigenvalue weighted by Crippen LogP contribution is 2.38. The van der Waals surface area contributed by atoms with Crippen molar-refractivity contribution in [3.05, 3.63) is 71.8 Å². The fourth-order valence-electron chi connectivity index (χ4n) is 3.88.